The minimum absolute atomic E-state index is 0.248. The Hall–Kier alpha value is -2.28. The second kappa shape index (κ2) is 7.09. The number of nitrogens with zero attached hydrogens (tertiary/aromatic N) is 3. The zero-order chi connectivity index (χ0) is 17.1. The third-order valence-corrected chi connectivity index (χ3v) is 4.75. The maximum Gasteiger partial charge on any atom is 0.191 e. The molecule has 2 heterocycles. The van der Waals surface area contributed by atoms with Crippen molar-refractivity contribution in [2.75, 3.05) is 7.11 Å². The fourth-order valence-corrected chi connectivity index (χ4v) is 3.39. The molecule has 0 unspecified atom stereocenters. The normalized spacial score (nSPS) is 11.0. The van der Waals surface area contributed by atoms with Crippen molar-refractivity contribution in [3.8, 4) is 17.1 Å². The van der Waals surface area contributed by atoms with Crippen molar-refractivity contribution in [2.45, 2.75) is 31.3 Å². The number of ether oxygens (including phenoxy) is 1. The first-order chi connectivity index (χ1) is 11.6. The largest absolute Gasteiger partial charge is 0.494 e. The fourth-order valence-electron chi connectivity index (χ4n) is 2.44. The van der Waals surface area contributed by atoms with Crippen LogP contribution in [0.1, 0.15) is 18.2 Å². The van der Waals surface area contributed by atoms with E-state index in [0.717, 1.165) is 34.4 Å². The predicted octanol–water partition coefficient (Wildman–Crippen LogP) is 4.31. The van der Waals surface area contributed by atoms with Crippen LogP contribution in [0.3, 0.4) is 0 Å². The SMILES string of the molecule is CCn1c(SCc2ccc(OC)c(F)c2)nnc1-c1ccoc1C. The number of rotatable bonds is 6. The summed E-state index contributed by atoms with van der Waals surface area (Å²) in [5.41, 5.74) is 1.80. The number of aryl methyl sites for hydroxylation is 1. The maximum absolute atomic E-state index is 13.8. The third kappa shape index (κ3) is 3.17. The molecule has 0 atom stereocenters. The van der Waals surface area contributed by atoms with E-state index >= 15 is 0 Å². The molecule has 0 aliphatic carbocycles. The van der Waals surface area contributed by atoms with Crippen molar-refractivity contribution >= 4 is 11.8 Å². The molecule has 0 spiro atoms. The standard InChI is InChI=1S/C17H18FN3O2S/c1-4-21-16(13-7-8-23-11(13)2)19-20-17(21)24-10-12-5-6-15(22-3)14(18)9-12/h5-9H,4,10H2,1-3H3. The first-order valence-electron chi connectivity index (χ1n) is 7.57. The van der Waals surface area contributed by atoms with Gasteiger partial charge in [0.25, 0.3) is 0 Å². The number of benzene rings is 1. The van der Waals surface area contributed by atoms with Crippen LogP contribution >= 0.6 is 11.8 Å². The van der Waals surface area contributed by atoms with E-state index in [4.69, 9.17) is 9.15 Å². The lowest BCUT2D eigenvalue weighted by Gasteiger charge is -2.07. The van der Waals surface area contributed by atoms with Gasteiger partial charge in [0.15, 0.2) is 22.5 Å². The Morgan fingerprint density at radius 3 is 2.75 bits per heavy atom. The highest BCUT2D eigenvalue weighted by molar-refractivity contribution is 7.98. The lowest BCUT2D eigenvalue weighted by Crippen LogP contribution is -2.00. The highest BCUT2D eigenvalue weighted by atomic mass is 32.2. The lowest BCUT2D eigenvalue weighted by molar-refractivity contribution is 0.386. The Kier molecular flexibility index (Phi) is 4.89. The summed E-state index contributed by atoms with van der Waals surface area (Å²) in [4.78, 5) is 0. The molecule has 126 valence electrons. The van der Waals surface area contributed by atoms with Gasteiger partial charge in [0, 0.05) is 12.3 Å². The molecule has 0 bridgehead atoms. The summed E-state index contributed by atoms with van der Waals surface area (Å²) in [5.74, 6) is 2.09. The molecular formula is C17H18FN3O2S. The van der Waals surface area contributed by atoms with Gasteiger partial charge in [-0.05, 0) is 37.6 Å². The van der Waals surface area contributed by atoms with E-state index in [1.54, 1.807) is 12.3 Å². The zero-order valence-electron chi connectivity index (χ0n) is 13.7. The van der Waals surface area contributed by atoms with Gasteiger partial charge in [0.05, 0.1) is 18.9 Å². The lowest BCUT2D eigenvalue weighted by atomic mass is 10.2. The monoisotopic (exact) mass is 347 g/mol. The van der Waals surface area contributed by atoms with E-state index in [2.05, 4.69) is 10.2 Å². The molecule has 3 aromatic rings. The number of aromatic nitrogens is 3. The number of hydrogen-bond donors (Lipinski definition) is 0. The second-order valence-corrected chi connectivity index (χ2v) is 6.14. The summed E-state index contributed by atoms with van der Waals surface area (Å²) < 4.78 is 26.1. The molecule has 1 aromatic carbocycles. The van der Waals surface area contributed by atoms with Crippen LogP contribution in [0.4, 0.5) is 4.39 Å². The van der Waals surface area contributed by atoms with Gasteiger partial charge in [-0.3, -0.25) is 0 Å². The first-order valence-corrected chi connectivity index (χ1v) is 8.55. The first kappa shape index (κ1) is 16.6. The Labute approximate surface area is 143 Å². The van der Waals surface area contributed by atoms with Crippen LogP contribution in [0.5, 0.6) is 5.75 Å². The van der Waals surface area contributed by atoms with Crippen LogP contribution in [0, 0.1) is 12.7 Å². The van der Waals surface area contributed by atoms with Gasteiger partial charge in [-0.25, -0.2) is 4.39 Å². The average Bonchev–Trinajstić information content (AvgIpc) is 3.18. The highest BCUT2D eigenvalue weighted by Crippen LogP contribution is 2.29. The van der Waals surface area contributed by atoms with E-state index in [0.29, 0.717) is 5.75 Å². The molecular weight excluding hydrogens is 329 g/mol. The van der Waals surface area contributed by atoms with Crippen LogP contribution in [0.15, 0.2) is 40.1 Å². The predicted molar refractivity (Wildman–Crippen MR) is 90.6 cm³/mol. The molecule has 2 aromatic heterocycles. The topological polar surface area (TPSA) is 53.1 Å². The smallest absolute Gasteiger partial charge is 0.191 e. The molecule has 0 N–H and O–H groups in total. The molecule has 0 amide bonds. The zero-order valence-corrected chi connectivity index (χ0v) is 14.6. The average molecular weight is 347 g/mol. The number of furan rings is 1. The summed E-state index contributed by atoms with van der Waals surface area (Å²) >= 11 is 1.52. The van der Waals surface area contributed by atoms with Crippen LogP contribution in [-0.2, 0) is 12.3 Å². The number of thioether (sulfide) groups is 1. The van der Waals surface area contributed by atoms with Crippen molar-refractivity contribution in [1.29, 1.82) is 0 Å². The molecule has 0 aliphatic rings. The molecule has 5 nitrogen and oxygen atoms in total. The van der Waals surface area contributed by atoms with Crippen molar-refractivity contribution in [3.05, 3.63) is 47.7 Å². The summed E-state index contributed by atoms with van der Waals surface area (Å²) in [6, 6.07) is 6.86. The molecule has 0 saturated carbocycles. The highest BCUT2D eigenvalue weighted by Gasteiger charge is 2.16. The van der Waals surface area contributed by atoms with Gasteiger partial charge < -0.3 is 13.7 Å². The van der Waals surface area contributed by atoms with E-state index in [-0.39, 0.29) is 11.6 Å². The quantitative estimate of drug-likeness (QED) is 0.622. The van der Waals surface area contributed by atoms with Gasteiger partial charge in [-0.2, -0.15) is 0 Å². The Bertz CT molecular complexity index is 844. The van der Waals surface area contributed by atoms with E-state index in [1.165, 1.54) is 24.9 Å². The van der Waals surface area contributed by atoms with Gasteiger partial charge in [0.1, 0.15) is 5.76 Å². The van der Waals surface area contributed by atoms with Crippen LogP contribution in [0.25, 0.3) is 11.4 Å². The summed E-state index contributed by atoms with van der Waals surface area (Å²) in [6.45, 7) is 4.68. The number of hydrogen-bond acceptors (Lipinski definition) is 5. The van der Waals surface area contributed by atoms with Gasteiger partial charge in [-0.1, -0.05) is 17.8 Å². The second-order valence-electron chi connectivity index (χ2n) is 5.20. The molecule has 0 aliphatic heterocycles. The van der Waals surface area contributed by atoms with Crippen molar-refractivity contribution < 1.29 is 13.5 Å². The molecule has 0 fully saturated rings. The van der Waals surface area contributed by atoms with Crippen LogP contribution in [0.2, 0.25) is 0 Å². The summed E-state index contributed by atoms with van der Waals surface area (Å²) in [6.07, 6.45) is 1.65. The Balaban J connectivity index is 1.80. The van der Waals surface area contributed by atoms with Crippen molar-refractivity contribution in [3.63, 3.8) is 0 Å². The minimum atomic E-state index is -0.359. The Morgan fingerprint density at radius 1 is 1.29 bits per heavy atom. The van der Waals surface area contributed by atoms with Crippen molar-refractivity contribution in [2.24, 2.45) is 0 Å². The molecule has 0 radical (unpaired) electrons. The van der Waals surface area contributed by atoms with Gasteiger partial charge in [0.2, 0.25) is 0 Å². The van der Waals surface area contributed by atoms with E-state index < -0.39 is 0 Å². The number of methoxy groups -OCH3 is 1. The number of halogens is 1. The molecule has 0 saturated heterocycles. The molecule has 7 heteroatoms. The van der Waals surface area contributed by atoms with Crippen molar-refractivity contribution in [1.82, 2.24) is 14.8 Å². The fraction of sp³-hybridized carbons (Fsp3) is 0.294. The van der Waals surface area contributed by atoms with Gasteiger partial charge in [-0.15, -0.1) is 10.2 Å². The Morgan fingerprint density at radius 2 is 2.12 bits per heavy atom. The van der Waals surface area contributed by atoms with E-state index in [1.807, 2.05) is 30.5 Å². The third-order valence-electron chi connectivity index (χ3n) is 3.72. The maximum atomic E-state index is 13.8. The molecule has 3 rings (SSSR count). The van der Waals surface area contributed by atoms with E-state index in [9.17, 15) is 4.39 Å². The van der Waals surface area contributed by atoms with Crippen LogP contribution < -0.4 is 4.74 Å². The van der Waals surface area contributed by atoms with Gasteiger partial charge >= 0.3 is 0 Å². The summed E-state index contributed by atoms with van der Waals surface area (Å²) in [7, 11) is 1.45. The summed E-state index contributed by atoms with van der Waals surface area (Å²) in [5, 5.41) is 9.35. The minimum Gasteiger partial charge on any atom is -0.494 e. The molecule has 24 heavy (non-hydrogen) atoms. The van der Waals surface area contributed by atoms with Crippen LogP contribution in [-0.4, -0.2) is 21.9 Å².